The lowest BCUT2D eigenvalue weighted by Gasteiger charge is -2.33. The average Bonchev–Trinajstić information content (AvgIpc) is 3.06. The highest BCUT2D eigenvalue weighted by Gasteiger charge is 2.33. The van der Waals surface area contributed by atoms with E-state index >= 15 is 0 Å². The number of rotatable bonds is 4. The van der Waals surface area contributed by atoms with E-state index in [1.165, 1.54) is 17.9 Å². The zero-order valence-corrected chi connectivity index (χ0v) is 12.9. The van der Waals surface area contributed by atoms with Gasteiger partial charge in [-0.2, -0.15) is 5.21 Å². The molecule has 1 aliphatic rings. The molecule has 2 heterocycles. The molecule has 2 aromatic rings. The standard InChI is InChI=1S/C14H14N6O4/c1-7(13(23)15-14-16-18-19-17-14)20-10-5-9(8(2)21)3-4-11(10)24-6-12(20)22/h3-5,7H,6H2,1-2H3,(H2,15,16,17,18,19,23). The zero-order chi connectivity index (χ0) is 17.3. The van der Waals surface area contributed by atoms with Crippen LogP contribution in [0.25, 0.3) is 0 Å². The predicted molar refractivity (Wildman–Crippen MR) is 81.7 cm³/mol. The van der Waals surface area contributed by atoms with Gasteiger partial charge in [-0.25, -0.2) is 0 Å². The molecule has 0 radical (unpaired) electrons. The Bertz CT molecular complexity index is 804. The fourth-order valence-electron chi connectivity index (χ4n) is 2.36. The number of aromatic nitrogens is 4. The number of H-pyrrole nitrogens is 1. The molecule has 0 saturated carbocycles. The quantitative estimate of drug-likeness (QED) is 0.763. The Morgan fingerprint density at radius 2 is 2.21 bits per heavy atom. The normalized spacial score (nSPS) is 14.6. The molecular weight excluding hydrogens is 316 g/mol. The number of tetrazole rings is 1. The summed E-state index contributed by atoms with van der Waals surface area (Å²) in [4.78, 5) is 37.5. The summed E-state index contributed by atoms with van der Waals surface area (Å²) < 4.78 is 5.36. The van der Waals surface area contributed by atoms with E-state index in [4.69, 9.17) is 4.74 Å². The van der Waals surface area contributed by atoms with Crippen molar-refractivity contribution in [3.8, 4) is 5.75 Å². The number of hydrogen-bond acceptors (Lipinski definition) is 7. The number of ketones is 1. The summed E-state index contributed by atoms with van der Waals surface area (Å²) in [5, 5.41) is 15.3. The summed E-state index contributed by atoms with van der Waals surface area (Å²) in [6, 6.07) is 3.89. The first-order chi connectivity index (χ1) is 11.5. The average molecular weight is 330 g/mol. The second kappa shape index (κ2) is 6.07. The van der Waals surface area contributed by atoms with Gasteiger partial charge in [-0.05, 0) is 37.3 Å². The van der Waals surface area contributed by atoms with Crippen molar-refractivity contribution in [3.63, 3.8) is 0 Å². The lowest BCUT2D eigenvalue weighted by molar-refractivity contribution is -0.125. The molecule has 1 atom stereocenters. The summed E-state index contributed by atoms with van der Waals surface area (Å²) in [6.07, 6.45) is 0. The van der Waals surface area contributed by atoms with Crippen LogP contribution in [0.5, 0.6) is 5.75 Å². The van der Waals surface area contributed by atoms with Crippen LogP contribution in [-0.4, -0.2) is 50.9 Å². The minimum atomic E-state index is -0.860. The van der Waals surface area contributed by atoms with Crippen LogP contribution in [0.4, 0.5) is 11.6 Å². The zero-order valence-electron chi connectivity index (χ0n) is 12.9. The van der Waals surface area contributed by atoms with Crippen LogP contribution < -0.4 is 15.0 Å². The Morgan fingerprint density at radius 3 is 2.88 bits per heavy atom. The number of carbonyl (C=O) groups is 3. The van der Waals surface area contributed by atoms with Gasteiger partial charge in [0.25, 0.3) is 11.9 Å². The lowest BCUT2D eigenvalue weighted by Crippen LogP contribution is -2.49. The maximum atomic E-state index is 12.3. The first kappa shape index (κ1) is 15.6. The van der Waals surface area contributed by atoms with Crippen LogP contribution in [0.3, 0.4) is 0 Å². The van der Waals surface area contributed by atoms with Crippen LogP contribution in [0.1, 0.15) is 24.2 Å². The highest BCUT2D eigenvalue weighted by molar-refractivity contribution is 6.07. The largest absolute Gasteiger partial charge is 0.482 e. The Balaban J connectivity index is 1.92. The van der Waals surface area contributed by atoms with Gasteiger partial charge in [0.15, 0.2) is 12.4 Å². The van der Waals surface area contributed by atoms with Gasteiger partial charge in [-0.3, -0.25) is 24.6 Å². The smallest absolute Gasteiger partial charge is 0.269 e. The topological polar surface area (TPSA) is 130 Å². The molecule has 1 unspecified atom stereocenters. The molecule has 10 heteroatoms. The summed E-state index contributed by atoms with van der Waals surface area (Å²) in [6.45, 7) is 2.79. The Labute approximate surface area is 136 Å². The molecule has 24 heavy (non-hydrogen) atoms. The van der Waals surface area contributed by atoms with Crippen LogP contribution in [0.15, 0.2) is 18.2 Å². The van der Waals surface area contributed by atoms with E-state index in [-0.39, 0.29) is 24.2 Å². The molecule has 10 nitrogen and oxygen atoms in total. The molecule has 0 bridgehead atoms. The summed E-state index contributed by atoms with van der Waals surface area (Å²) in [5.74, 6) is -0.603. The van der Waals surface area contributed by atoms with Crippen molar-refractivity contribution in [2.75, 3.05) is 16.8 Å². The van der Waals surface area contributed by atoms with Crippen molar-refractivity contribution in [2.45, 2.75) is 19.9 Å². The highest BCUT2D eigenvalue weighted by Crippen LogP contribution is 2.34. The van der Waals surface area contributed by atoms with E-state index in [0.717, 1.165) is 0 Å². The third kappa shape index (κ3) is 2.81. The van der Waals surface area contributed by atoms with E-state index in [0.29, 0.717) is 17.0 Å². The molecule has 0 aliphatic carbocycles. The van der Waals surface area contributed by atoms with Gasteiger partial charge < -0.3 is 4.74 Å². The maximum Gasteiger partial charge on any atom is 0.269 e. The van der Waals surface area contributed by atoms with Gasteiger partial charge in [-0.15, -0.1) is 5.10 Å². The third-order valence-corrected chi connectivity index (χ3v) is 3.59. The Kier molecular flexibility index (Phi) is 3.94. The summed E-state index contributed by atoms with van der Waals surface area (Å²) in [5.41, 5.74) is 0.789. The molecule has 2 N–H and O–H groups in total. The number of anilines is 2. The van der Waals surface area contributed by atoms with E-state index < -0.39 is 11.9 Å². The lowest BCUT2D eigenvalue weighted by atomic mass is 10.1. The van der Waals surface area contributed by atoms with E-state index in [9.17, 15) is 14.4 Å². The number of benzene rings is 1. The van der Waals surface area contributed by atoms with Gasteiger partial charge in [0.05, 0.1) is 5.69 Å². The molecular formula is C14H14N6O4. The SMILES string of the molecule is CC(=O)c1ccc2c(c1)N(C(C)C(=O)Nc1nn[nH]n1)C(=O)CO2. The minimum absolute atomic E-state index is 0.00488. The van der Waals surface area contributed by atoms with Crippen LogP contribution in [0.2, 0.25) is 0 Å². The third-order valence-electron chi connectivity index (χ3n) is 3.59. The van der Waals surface area contributed by atoms with Gasteiger partial charge in [0.1, 0.15) is 11.8 Å². The van der Waals surface area contributed by atoms with Crippen LogP contribution in [-0.2, 0) is 9.59 Å². The summed E-state index contributed by atoms with van der Waals surface area (Å²) in [7, 11) is 0. The number of fused-ring (bicyclic) bond motifs is 1. The van der Waals surface area contributed by atoms with Crippen molar-refractivity contribution < 1.29 is 19.1 Å². The summed E-state index contributed by atoms with van der Waals surface area (Å²) >= 11 is 0. The second-order valence-corrected chi connectivity index (χ2v) is 5.19. The van der Waals surface area contributed by atoms with Gasteiger partial charge in [0, 0.05) is 5.56 Å². The first-order valence-electron chi connectivity index (χ1n) is 7.11. The first-order valence-corrected chi connectivity index (χ1v) is 7.11. The molecule has 1 aliphatic heterocycles. The van der Waals surface area contributed by atoms with Crippen molar-refractivity contribution in [3.05, 3.63) is 23.8 Å². The fourth-order valence-corrected chi connectivity index (χ4v) is 2.36. The molecule has 1 aromatic heterocycles. The van der Waals surface area contributed by atoms with Crippen molar-refractivity contribution in [1.82, 2.24) is 20.6 Å². The number of nitrogens with one attached hydrogen (secondary N) is 2. The molecule has 124 valence electrons. The number of hydrogen-bond donors (Lipinski definition) is 2. The van der Waals surface area contributed by atoms with E-state index in [1.807, 2.05) is 0 Å². The van der Waals surface area contributed by atoms with Crippen LogP contribution in [0, 0.1) is 0 Å². The second-order valence-electron chi connectivity index (χ2n) is 5.19. The number of ether oxygens (including phenoxy) is 1. The Morgan fingerprint density at radius 1 is 1.42 bits per heavy atom. The number of nitrogens with zero attached hydrogens (tertiary/aromatic N) is 4. The van der Waals surface area contributed by atoms with Crippen molar-refractivity contribution >= 4 is 29.2 Å². The molecule has 0 saturated heterocycles. The maximum absolute atomic E-state index is 12.3. The van der Waals surface area contributed by atoms with Crippen molar-refractivity contribution in [1.29, 1.82) is 0 Å². The number of Topliss-reactive ketones (excluding diaryl/α,β-unsaturated/α-hetero) is 1. The van der Waals surface area contributed by atoms with E-state index in [1.54, 1.807) is 19.1 Å². The highest BCUT2D eigenvalue weighted by atomic mass is 16.5. The molecule has 0 fully saturated rings. The molecule has 0 spiro atoms. The minimum Gasteiger partial charge on any atom is -0.482 e. The Hall–Kier alpha value is -3.30. The van der Waals surface area contributed by atoms with Gasteiger partial charge in [0.2, 0.25) is 5.91 Å². The predicted octanol–water partition coefficient (Wildman–Crippen LogP) is 0.155. The molecule has 3 rings (SSSR count). The number of aromatic amines is 1. The molecule has 2 amide bonds. The number of carbonyl (C=O) groups excluding carboxylic acids is 3. The van der Waals surface area contributed by atoms with Crippen LogP contribution >= 0.6 is 0 Å². The van der Waals surface area contributed by atoms with Crippen molar-refractivity contribution in [2.24, 2.45) is 0 Å². The van der Waals surface area contributed by atoms with E-state index in [2.05, 4.69) is 25.9 Å². The van der Waals surface area contributed by atoms with Gasteiger partial charge >= 0.3 is 0 Å². The monoisotopic (exact) mass is 330 g/mol. The molecule has 1 aromatic carbocycles. The number of amides is 2. The van der Waals surface area contributed by atoms with Gasteiger partial charge in [-0.1, -0.05) is 5.10 Å². The fraction of sp³-hybridized carbons (Fsp3) is 0.286.